The Morgan fingerprint density at radius 3 is 2.70 bits per heavy atom. The monoisotopic (exact) mass is 471 g/mol. The first-order chi connectivity index (χ1) is 15.6. The number of aromatic nitrogens is 3. The van der Waals surface area contributed by atoms with Gasteiger partial charge in [0.25, 0.3) is 5.56 Å². The third-order valence-corrected chi connectivity index (χ3v) is 7.01. The average molecular weight is 472 g/mol. The van der Waals surface area contributed by atoms with Crippen LogP contribution in [-0.4, -0.2) is 59.6 Å². The molecule has 0 amide bonds. The highest BCUT2D eigenvalue weighted by molar-refractivity contribution is 7.90. The van der Waals surface area contributed by atoms with Crippen LogP contribution in [0.1, 0.15) is 26.7 Å². The molecular weight excluding hydrogens is 442 g/mol. The zero-order valence-corrected chi connectivity index (χ0v) is 20.1. The summed E-state index contributed by atoms with van der Waals surface area (Å²) in [6.07, 6.45) is 4.36. The number of fused-ring (bicyclic) bond motifs is 1. The van der Waals surface area contributed by atoms with Crippen LogP contribution in [0.5, 0.6) is 0 Å². The summed E-state index contributed by atoms with van der Waals surface area (Å²) in [4.78, 5) is 24.0. The molecule has 33 heavy (non-hydrogen) atoms. The number of hydrogen-bond donors (Lipinski definition) is 2. The molecule has 1 unspecified atom stereocenters. The van der Waals surface area contributed by atoms with E-state index in [9.17, 15) is 18.3 Å². The van der Waals surface area contributed by atoms with E-state index in [4.69, 9.17) is 0 Å². The summed E-state index contributed by atoms with van der Waals surface area (Å²) in [6, 6.07) is 6.85. The molecule has 1 aromatic carbocycles. The van der Waals surface area contributed by atoms with Gasteiger partial charge in [-0.1, -0.05) is 6.07 Å². The minimum Gasteiger partial charge on any atom is -0.394 e. The van der Waals surface area contributed by atoms with Gasteiger partial charge in [0.15, 0.2) is 9.84 Å². The maximum Gasteiger partial charge on any atom is 0.264 e. The van der Waals surface area contributed by atoms with Gasteiger partial charge in [0.2, 0.25) is 0 Å². The lowest BCUT2D eigenvalue weighted by molar-refractivity contribution is 0.266. The van der Waals surface area contributed by atoms with Gasteiger partial charge in [0, 0.05) is 31.5 Å². The molecular formula is C23H29N5O4S. The quantitative estimate of drug-likeness (QED) is 0.562. The number of hydrogen-bond acceptors (Lipinski definition) is 8. The number of aliphatic hydroxyl groups excluding tert-OH is 1. The molecule has 0 spiro atoms. The SMILES string of the molecule is CC(C)Nc1nc(-c2ccc(N3CCCC3CO)c(S(C)(=O)=O)c2)cc2ncn(C)c(=O)c12. The number of nitrogens with zero attached hydrogens (tertiary/aromatic N) is 4. The summed E-state index contributed by atoms with van der Waals surface area (Å²) >= 11 is 0. The average Bonchev–Trinajstić information content (AvgIpc) is 3.23. The van der Waals surface area contributed by atoms with Gasteiger partial charge in [-0.05, 0) is 44.9 Å². The van der Waals surface area contributed by atoms with E-state index in [-0.39, 0.29) is 29.1 Å². The van der Waals surface area contributed by atoms with Gasteiger partial charge in [-0.3, -0.25) is 4.79 Å². The van der Waals surface area contributed by atoms with E-state index in [1.165, 1.54) is 17.2 Å². The largest absolute Gasteiger partial charge is 0.394 e. The van der Waals surface area contributed by atoms with Gasteiger partial charge in [-0.25, -0.2) is 18.4 Å². The molecule has 1 aliphatic heterocycles. The van der Waals surface area contributed by atoms with Gasteiger partial charge < -0.3 is 19.9 Å². The lowest BCUT2D eigenvalue weighted by Gasteiger charge is -2.27. The second kappa shape index (κ2) is 8.75. The summed E-state index contributed by atoms with van der Waals surface area (Å²) in [5, 5.41) is 13.3. The fourth-order valence-corrected chi connectivity index (χ4v) is 5.20. The van der Waals surface area contributed by atoms with E-state index in [0.29, 0.717) is 40.2 Å². The van der Waals surface area contributed by atoms with E-state index < -0.39 is 9.84 Å². The number of nitrogens with one attached hydrogen (secondary N) is 1. The normalized spacial score (nSPS) is 16.7. The second-order valence-electron chi connectivity index (χ2n) is 8.84. The van der Waals surface area contributed by atoms with Crippen molar-refractivity contribution < 1.29 is 13.5 Å². The van der Waals surface area contributed by atoms with Gasteiger partial charge >= 0.3 is 0 Å². The molecule has 3 aromatic rings. The molecule has 0 radical (unpaired) electrons. The molecule has 1 saturated heterocycles. The van der Waals surface area contributed by atoms with E-state index in [2.05, 4.69) is 15.3 Å². The van der Waals surface area contributed by atoms with E-state index in [0.717, 1.165) is 12.8 Å². The highest BCUT2D eigenvalue weighted by Gasteiger charge is 2.28. The molecule has 3 heterocycles. The molecule has 1 fully saturated rings. The number of aryl methyl sites for hydroxylation is 1. The van der Waals surface area contributed by atoms with Crippen molar-refractivity contribution in [2.45, 2.75) is 43.7 Å². The van der Waals surface area contributed by atoms with Crippen LogP contribution in [0.25, 0.3) is 22.2 Å². The molecule has 1 atom stereocenters. The Bertz CT molecular complexity index is 1370. The molecule has 0 bridgehead atoms. The summed E-state index contributed by atoms with van der Waals surface area (Å²) in [6.45, 7) is 4.56. The Kier molecular flexibility index (Phi) is 6.15. The number of sulfone groups is 1. The molecule has 176 valence electrons. The third-order valence-electron chi connectivity index (χ3n) is 5.88. The molecule has 2 aromatic heterocycles. The van der Waals surface area contributed by atoms with Crippen molar-refractivity contribution in [1.82, 2.24) is 14.5 Å². The van der Waals surface area contributed by atoms with Crippen LogP contribution in [0, 0.1) is 0 Å². The first-order valence-electron chi connectivity index (χ1n) is 10.9. The summed E-state index contributed by atoms with van der Waals surface area (Å²) in [7, 11) is -1.92. The Hall–Kier alpha value is -2.98. The maximum absolute atomic E-state index is 12.8. The summed E-state index contributed by atoms with van der Waals surface area (Å²) in [5.74, 6) is 0.413. The van der Waals surface area contributed by atoms with Gasteiger partial charge in [-0.2, -0.15) is 0 Å². The van der Waals surface area contributed by atoms with Crippen LogP contribution in [0.2, 0.25) is 0 Å². The van der Waals surface area contributed by atoms with Crippen molar-refractivity contribution in [2.75, 3.05) is 29.6 Å². The lowest BCUT2D eigenvalue weighted by Crippen LogP contribution is -2.33. The highest BCUT2D eigenvalue weighted by Crippen LogP contribution is 2.35. The van der Waals surface area contributed by atoms with Crippen molar-refractivity contribution in [3.05, 3.63) is 40.9 Å². The van der Waals surface area contributed by atoms with Crippen LogP contribution in [0.3, 0.4) is 0 Å². The van der Waals surface area contributed by atoms with Crippen molar-refractivity contribution in [3.63, 3.8) is 0 Å². The lowest BCUT2D eigenvalue weighted by atomic mass is 10.1. The third kappa shape index (κ3) is 4.45. The number of pyridine rings is 1. The molecule has 1 aliphatic rings. The van der Waals surface area contributed by atoms with Crippen LogP contribution >= 0.6 is 0 Å². The van der Waals surface area contributed by atoms with Crippen molar-refractivity contribution >= 4 is 32.2 Å². The predicted octanol–water partition coefficient (Wildman–Crippen LogP) is 2.18. The first-order valence-corrected chi connectivity index (χ1v) is 12.8. The van der Waals surface area contributed by atoms with Gasteiger partial charge in [0.05, 0.1) is 40.8 Å². The van der Waals surface area contributed by atoms with Gasteiger partial charge in [0.1, 0.15) is 11.2 Å². The molecule has 9 nitrogen and oxygen atoms in total. The number of aliphatic hydroxyl groups is 1. The molecule has 0 saturated carbocycles. The van der Waals surface area contributed by atoms with E-state index in [1.807, 2.05) is 24.8 Å². The van der Waals surface area contributed by atoms with Gasteiger partial charge in [-0.15, -0.1) is 0 Å². The maximum atomic E-state index is 12.8. The predicted molar refractivity (Wildman–Crippen MR) is 130 cm³/mol. The molecule has 2 N–H and O–H groups in total. The Labute approximate surface area is 193 Å². The molecule has 4 rings (SSSR count). The smallest absolute Gasteiger partial charge is 0.264 e. The van der Waals surface area contributed by atoms with Crippen LogP contribution in [0.4, 0.5) is 11.5 Å². The minimum atomic E-state index is -3.55. The Morgan fingerprint density at radius 2 is 2.03 bits per heavy atom. The van der Waals surface area contributed by atoms with E-state index >= 15 is 0 Å². The van der Waals surface area contributed by atoms with Crippen LogP contribution < -0.4 is 15.8 Å². The van der Waals surface area contributed by atoms with Crippen LogP contribution in [0.15, 0.2) is 40.3 Å². The second-order valence-corrected chi connectivity index (χ2v) is 10.8. The topological polar surface area (TPSA) is 117 Å². The van der Waals surface area contributed by atoms with Crippen molar-refractivity contribution in [1.29, 1.82) is 0 Å². The highest BCUT2D eigenvalue weighted by atomic mass is 32.2. The zero-order chi connectivity index (χ0) is 23.9. The van der Waals surface area contributed by atoms with Crippen molar-refractivity contribution in [2.24, 2.45) is 7.05 Å². The fourth-order valence-electron chi connectivity index (χ4n) is 4.30. The number of anilines is 2. The Morgan fingerprint density at radius 1 is 1.27 bits per heavy atom. The summed E-state index contributed by atoms with van der Waals surface area (Å²) < 4.78 is 26.8. The summed E-state index contributed by atoms with van der Waals surface area (Å²) in [5.41, 5.74) is 1.98. The number of rotatable bonds is 6. The fraction of sp³-hybridized carbons (Fsp3) is 0.435. The standard InChI is InChI=1S/C23H29N5O4S/c1-14(2)25-22-21-18(24-13-27(3)23(21)30)11-17(26-22)15-7-8-19(20(10-15)33(4,31)32)28-9-5-6-16(28)12-29/h7-8,10-11,13-14,16,29H,5-6,9,12H2,1-4H3,(H,25,26). The zero-order valence-electron chi connectivity index (χ0n) is 19.2. The number of benzene rings is 1. The van der Waals surface area contributed by atoms with E-state index in [1.54, 1.807) is 25.2 Å². The molecule has 10 heteroatoms. The Balaban J connectivity index is 1.91. The van der Waals surface area contributed by atoms with Crippen LogP contribution in [-0.2, 0) is 16.9 Å². The molecule has 0 aliphatic carbocycles. The first kappa shape index (κ1) is 23.2. The van der Waals surface area contributed by atoms with Crippen molar-refractivity contribution in [3.8, 4) is 11.3 Å². The minimum absolute atomic E-state index is 0.0258.